The number of aryl methyl sites for hydroxylation is 1. The first kappa shape index (κ1) is 15.7. The first-order valence-corrected chi connectivity index (χ1v) is 6.98. The molecule has 0 unspecified atom stereocenters. The van der Waals surface area contributed by atoms with Crippen LogP contribution < -0.4 is 16.0 Å². The van der Waals surface area contributed by atoms with Crippen molar-refractivity contribution in [3.05, 3.63) is 40.9 Å². The molecular weight excluding hydrogens is 286 g/mol. The van der Waals surface area contributed by atoms with E-state index in [1.54, 1.807) is 18.2 Å². The van der Waals surface area contributed by atoms with Crippen molar-refractivity contribution in [3.63, 3.8) is 0 Å². The summed E-state index contributed by atoms with van der Waals surface area (Å²) in [6.07, 6.45) is 1.95. The van der Waals surface area contributed by atoms with E-state index >= 15 is 0 Å². The standard InChI is InChI=1S/C15H17N3O4/c19-13(16-8-7-14(20)21)6-3-9-18-10-17-12-5-2-1-4-11(12)15(18)22/h1-2,4-5,10H,3,6-9H2,(H,16,19)(H,20,21)/p-1. The molecule has 1 amide bonds. The largest absolute Gasteiger partial charge is 0.550 e. The van der Waals surface area contributed by atoms with Gasteiger partial charge in [0.15, 0.2) is 0 Å². The van der Waals surface area contributed by atoms with Crippen LogP contribution in [-0.4, -0.2) is 28.0 Å². The second-order valence-corrected chi connectivity index (χ2v) is 4.84. The van der Waals surface area contributed by atoms with Gasteiger partial charge in [-0.3, -0.25) is 14.2 Å². The van der Waals surface area contributed by atoms with Gasteiger partial charge in [-0.15, -0.1) is 0 Å². The van der Waals surface area contributed by atoms with Crippen LogP contribution in [0.5, 0.6) is 0 Å². The Labute approximate surface area is 126 Å². The van der Waals surface area contributed by atoms with E-state index in [2.05, 4.69) is 10.3 Å². The average Bonchev–Trinajstić information content (AvgIpc) is 2.49. The van der Waals surface area contributed by atoms with E-state index in [9.17, 15) is 19.5 Å². The lowest BCUT2D eigenvalue weighted by atomic mass is 10.2. The maximum absolute atomic E-state index is 12.2. The van der Waals surface area contributed by atoms with E-state index in [4.69, 9.17) is 0 Å². The monoisotopic (exact) mass is 302 g/mol. The van der Waals surface area contributed by atoms with Crippen LogP contribution in [0.15, 0.2) is 35.4 Å². The maximum atomic E-state index is 12.2. The Hall–Kier alpha value is -2.70. The number of hydrogen-bond acceptors (Lipinski definition) is 5. The molecule has 0 radical (unpaired) electrons. The molecule has 0 fully saturated rings. The fourth-order valence-corrected chi connectivity index (χ4v) is 2.07. The smallest absolute Gasteiger partial charge is 0.261 e. The zero-order chi connectivity index (χ0) is 15.9. The van der Waals surface area contributed by atoms with E-state index in [1.807, 2.05) is 6.07 Å². The summed E-state index contributed by atoms with van der Waals surface area (Å²) < 4.78 is 1.47. The fourth-order valence-electron chi connectivity index (χ4n) is 2.07. The van der Waals surface area contributed by atoms with Crippen LogP contribution in [0.3, 0.4) is 0 Å². The number of nitrogens with zero attached hydrogens (tertiary/aromatic N) is 2. The van der Waals surface area contributed by atoms with Gasteiger partial charge < -0.3 is 15.2 Å². The second kappa shape index (κ2) is 7.35. The van der Waals surface area contributed by atoms with Crippen LogP contribution in [0.1, 0.15) is 19.3 Å². The number of fused-ring (bicyclic) bond motifs is 1. The summed E-state index contributed by atoms with van der Waals surface area (Å²) in [5.74, 6) is -1.45. The van der Waals surface area contributed by atoms with Crippen LogP contribution in [0.4, 0.5) is 0 Å². The third-order valence-corrected chi connectivity index (χ3v) is 3.19. The molecule has 2 rings (SSSR count). The third kappa shape index (κ3) is 4.15. The summed E-state index contributed by atoms with van der Waals surface area (Å²) in [6, 6.07) is 7.08. The minimum absolute atomic E-state index is 0.0542. The highest BCUT2D eigenvalue weighted by atomic mass is 16.4. The van der Waals surface area contributed by atoms with Gasteiger partial charge in [-0.05, 0) is 18.6 Å². The molecule has 1 N–H and O–H groups in total. The Morgan fingerprint density at radius 2 is 2.00 bits per heavy atom. The summed E-state index contributed by atoms with van der Waals surface area (Å²) in [5.41, 5.74) is 0.506. The Morgan fingerprint density at radius 1 is 1.23 bits per heavy atom. The molecule has 0 saturated heterocycles. The zero-order valence-electron chi connectivity index (χ0n) is 11.9. The van der Waals surface area contributed by atoms with Crippen molar-refractivity contribution < 1.29 is 14.7 Å². The van der Waals surface area contributed by atoms with Gasteiger partial charge in [-0.2, -0.15) is 0 Å². The van der Waals surface area contributed by atoms with Gasteiger partial charge in [0.05, 0.1) is 17.2 Å². The Balaban J connectivity index is 1.87. The first-order valence-electron chi connectivity index (χ1n) is 6.98. The molecule has 0 atom stereocenters. The second-order valence-electron chi connectivity index (χ2n) is 4.84. The van der Waals surface area contributed by atoms with Crippen LogP contribution in [-0.2, 0) is 16.1 Å². The number of para-hydroxylation sites is 1. The number of carboxylic acid groups (broad SMARTS) is 1. The van der Waals surface area contributed by atoms with Gasteiger partial charge in [0.25, 0.3) is 5.56 Å². The Morgan fingerprint density at radius 3 is 2.77 bits per heavy atom. The van der Waals surface area contributed by atoms with Crippen molar-refractivity contribution in [1.29, 1.82) is 0 Å². The quantitative estimate of drug-likeness (QED) is 0.738. The number of nitrogens with one attached hydrogen (secondary N) is 1. The van der Waals surface area contributed by atoms with E-state index < -0.39 is 5.97 Å². The highest BCUT2D eigenvalue weighted by Crippen LogP contribution is 2.05. The minimum Gasteiger partial charge on any atom is -0.550 e. The lowest BCUT2D eigenvalue weighted by Gasteiger charge is -2.07. The van der Waals surface area contributed by atoms with E-state index in [1.165, 1.54) is 10.9 Å². The van der Waals surface area contributed by atoms with Crippen LogP contribution >= 0.6 is 0 Å². The van der Waals surface area contributed by atoms with Gasteiger partial charge in [0.1, 0.15) is 0 Å². The lowest BCUT2D eigenvalue weighted by Crippen LogP contribution is -2.31. The van der Waals surface area contributed by atoms with Crippen LogP contribution in [0.25, 0.3) is 10.9 Å². The number of hydrogen-bond donors (Lipinski definition) is 1. The maximum Gasteiger partial charge on any atom is 0.261 e. The van der Waals surface area contributed by atoms with Crippen molar-refractivity contribution in [1.82, 2.24) is 14.9 Å². The normalized spacial score (nSPS) is 10.5. The SMILES string of the molecule is O=C([O-])CCNC(=O)CCCn1cnc2ccccc2c1=O. The summed E-state index contributed by atoms with van der Waals surface area (Å²) >= 11 is 0. The number of carbonyl (C=O) groups excluding carboxylic acids is 2. The summed E-state index contributed by atoms with van der Waals surface area (Å²) in [5, 5.41) is 13.2. The van der Waals surface area contributed by atoms with E-state index in [0.29, 0.717) is 23.9 Å². The topological polar surface area (TPSA) is 104 Å². The van der Waals surface area contributed by atoms with Gasteiger partial charge in [0, 0.05) is 31.9 Å². The van der Waals surface area contributed by atoms with E-state index in [0.717, 1.165) is 0 Å². The molecule has 0 aliphatic rings. The fraction of sp³-hybridized carbons (Fsp3) is 0.333. The highest BCUT2D eigenvalue weighted by molar-refractivity contribution is 5.77. The van der Waals surface area contributed by atoms with Gasteiger partial charge in [0.2, 0.25) is 5.91 Å². The molecule has 1 aromatic carbocycles. The molecule has 0 bridgehead atoms. The van der Waals surface area contributed by atoms with Gasteiger partial charge in [-0.25, -0.2) is 4.98 Å². The van der Waals surface area contributed by atoms with Crippen molar-refractivity contribution in [2.45, 2.75) is 25.8 Å². The molecule has 0 aliphatic carbocycles. The molecule has 0 aliphatic heterocycles. The molecule has 116 valence electrons. The summed E-state index contributed by atoms with van der Waals surface area (Å²) in [7, 11) is 0. The van der Waals surface area contributed by atoms with Crippen molar-refractivity contribution >= 4 is 22.8 Å². The predicted molar refractivity (Wildman–Crippen MR) is 77.9 cm³/mol. The molecule has 7 nitrogen and oxygen atoms in total. The number of carbonyl (C=O) groups is 2. The molecule has 1 aromatic heterocycles. The summed E-state index contributed by atoms with van der Waals surface area (Å²) in [6.45, 7) is 0.434. The van der Waals surface area contributed by atoms with Gasteiger partial charge in [-0.1, -0.05) is 12.1 Å². The molecule has 0 spiro atoms. The summed E-state index contributed by atoms with van der Waals surface area (Å²) in [4.78, 5) is 38.1. The number of benzene rings is 1. The highest BCUT2D eigenvalue weighted by Gasteiger charge is 2.05. The molecule has 2 aromatic rings. The predicted octanol–water partition coefficient (Wildman–Crippen LogP) is -0.567. The van der Waals surface area contributed by atoms with Crippen molar-refractivity contribution in [3.8, 4) is 0 Å². The van der Waals surface area contributed by atoms with Crippen molar-refractivity contribution in [2.24, 2.45) is 0 Å². The Bertz CT molecular complexity index is 739. The number of aromatic nitrogens is 2. The molecule has 0 saturated carbocycles. The van der Waals surface area contributed by atoms with Gasteiger partial charge >= 0.3 is 0 Å². The molecule has 1 heterocycles. The Kier molecular flexibility index (Phi) is 5.24. The molecular formula is C15H16N3O4-. The minimum atomic E-state index is -1.20. The third-order valence-electron chi connectivity index (χ3n) is 3.19. The number of amides is 1. The first-order chi connectivity index (χ1) is 10.6. The zero-order valence-corrected chi connectivity index (χ0v) is 11.9. The number of aliphatic carboxylic acids is 1. The molecule has 22 heavy (non-hydrogen) atoms. The lowest BCUT2D eigenvalue weighted by molar-refractivity contribution is -0.305. The molecule has 7 heteroatoms. The van der Waals surface area contributed by atoms with E-state index in [-0.39, 0.29) is 30.9 Å². The number of carboxylic acids is 1. The number of rotatable bonds is 7. The average molecular weight is 302 g/mol. The van der Waals surface area contributed by atoms with Crippen LogP contribution in [0, 0.1) is 0 Å². The van der Waals surface area contributed by atoms with Crippen LogP contribution in [0.2, 0.25) is 0 Å². The van der Waals surface area contributed by atoms with Crippen molar-refractivity contribution in [2.75, 3.05) is 6.54 Å².